The van der Waals surface area contributed by atoms with Crippen molar-refractivity contribution in [3.63, 3.8) is 0 Å². The standard InChI is InChI=1S/C19H26FN3O3/c20-15-3-5-16(6-4-15)22-9-11-23(12-10-22)19(25)8-7-18(24)21-14-17-2-1-13-26-17/h3-6,17H,1-2,7-14H2,(H,21,24). The number of carbonyl (C=O) groups is 2. The van der Waals surface area contributed by atoms with Crippen molar-refractivity contribution in [3.05, 3.63) is 30.1 Å². The predicted octanol–water partition coefficient (Wildman–Crippen LogP) is 1.55. The fourth-order valence-corrected chi connectivity index (χ4v) is 3.37. The largest absolute Gasteiger partial charge is 0.376 e. The first-order valence-electron chi connectivity index (χ1n) is 9.28. The van der Waals surface area contributed by atoms with Crippen LogP contribution < -0.4 is 10.2 Å². The zero-order chi connectivity index (χ0) is 18.4. The third kappa shape index (κ3) is 5.17. The van der Waals surface area contributed by atoms with E-state index in [2.05, 4.69) is 10.2 Å². The minimum Gasteiger partial charge on any atom is -0.376 e. The molecule has 0 bridgehead atoms. The highest BCUT2D eigenvalue weighted by atomic mass is 19.1. The summed E-state index contributed by atoms with van der Waals surface area (Å²) in [6.07, 6.45) is 2.59. The second-order valence-electron chi connectivity index (χ2n) is 6.78. The number of ether oxygens (including phenoxy) is 1. The second-order valence-corrected chi connectivity index (χ2v) is 6.78. The van der Waals surface area contributed by atoms with Crippen molar-refractivity contribution in [1.82, 2.24) is 10.2 Å². The molecule has 0 aliphatic carbocycles. The van der Waals surface area contributed by atoms with E-state index in [1.165, 1.54) is 12.1 Å². The summed E-state index contributed by atoms with van der Waals surface area (Å²) in [5, 5.41) is 2.84. The number of piperazine rings is 1. The molecule has 0 aromatic heterocycles. The smallest absolute Gasteiger partial charge is 0.223 e. The van der Waals surface area contributed by atoms with Gasteiger partial charge in [0.05, 0.1) is 6.10 Å². The molecule has 2 aliphatic rings. The van der Waals surface area contributed by atoms with Gasteiger partial charge in [-0.2, -0.15) is 0 Å². The summed E-state index contributed by atoms with van der Waals surface area (Å²) in [4.78, 5) is 28.1. The highest BCUT2D eigenvalue weighted by Crippen LogP contribution is 2.17. The van der Waals surface area contributed by atoms with E-state index in [0.29, 0.717) is 32.7 Å². The lowest BCUT2D eigenvalue weighted by atomic mass is 10.2. The molecule has 26 heavy (non-hydrogen) atoms. The van der Waals surface area contributed by atoms with Crippen molar-refractivity contribution in [2.75, 3.05) is 44.2 Å². The molecule has 142 valence electrons. The van der Waals surface area contributed by atoms with E-state index in [-0.39, 0.29) is 36.6 Å². The molecule has 2 saturated heterocycles. The van der Waals surface area contributed by atoms with Gasteiger partial charge in [0.2, 0.25) is 11.8 Å². The average molecular weight is 363 g/mol. The van der Waals surface area contributed by atoms with Crippen LogP contribution >= 0.6 is 0 Å². The first-order valence-corrected chi connectivity index (χ1v) is 9.28. The zero-order valence-corrected chi connectivity index (χ0v) is 15.0. The van der Waals surface area contributed by atoms with Crippen LogP contribution in [0.15, 0.2) is 24.3 Å². The lowest BCUT2D eigenvalue weighted by Gasteiger charge is -2.36. The summed E-state index contributed by atoms with van der Waals surface area (Å²) in [7, 11) is 0. The maximum absolute atomic E-state index is 13.0. The Bertz CT molecular complexity index is 609. The maximum atomic E-state index is 13.0. The lowest BCUT2D eigenvalue weighted by molar-refractivity contribution is -0.133. The Hall–Kier alpha value is -2.15. The van der Waals surface area contributed by atoms with Crippen LogP contribution in [0.1, 0.15) is 25.7 Å². The topological polar surface area (TPSA) is 61.9 Å². The molecule has 6 nitrogen and oxygen atoms in total. The minimum atomic E-state index is -0.250. The van der Waals surface area contributed by atoms with Crippen LogP contribution in [0.3, 0.4) is 0 Å². The van der Waals surface area contributed by atoms with Crippen molar-refractivity contribution in [2.45, 2.75) is 31.8 Å². The Morgan fingerprint density at radius 1 is 1.12 bits per heavy atom. The van der Waals surface area contributed by atoms with Crippen LogP contribution in [0.25, 0.3) is 0 Å². The van der Waals surface area contributed by atoms with Crippen molar-refractivity contribution in [2.24, 2.45) is 0 Å². The molecule has 2 fully saturated rings. The zero-order valence-electron chi connectivity index (χ0n) is 15.0. The summed E-state index contributed by atoms with van der Waals surface area (Å²) in [5.41, 5.74) is 0.965. The Balaban J connectivity index is 1.35. The molecule has 1 aromatic carbocycles. The van der Waals surface area contributed by atoms with E-state index in [4.69, 9.17) is 4.74 Å². The van der Waals surface area contributed by atoms with Crippen molar-refractivity contribution >= 4 is 17.5 Å². The molecule has 3 rings (SSSR count). The summed E-state index contributed by atoms with van der Waals surface area (Å²) < 4.78 is 18.5. The highest BCUT2D eigenvalue weighted by Gasteiger charge is 2.22. The SMILES string of the molecule is O=C(CCC(=O)N1CCN(c2ccc(F)cc2)CC1)NCC1CCCO1. The molecular formula is C19H26FN3O3. The number of benzene rings is 1. The van der Waals surface area contributed by atoms with Crippen LogP contribution in [-0.2, 0) is 14.3 Å². The molecule has 2 aliphatic heterocycles. The molecular weight excluding hydrogens is 337 g/mol. The third-order valence-electron chi connectivity index (χ3n) is 4.94. The van der Waals surface area contributed by atoms with E-state index in [1.54, 1.807) is 17.0 Å². The Labute approximate surface area is 153 Å². The fourth-order valence-electron chi connectivity index (χ4n) is 3.37. The summed E-state index contributed by atoms with van der Waals surface area (Å²) in [6, 6.07) is 6.40. The molecule has 1 aromatic rings. The van der Waals surface area contributed by atoms with Gasteiger partial charge in [0.15, 0.2) is 0 Å². The Morgan fingerprint density at radius 2 is 1.85 bits per heavy atom. The molecule has 1 atom stereocenters. The number of anilines is 1. The second kappa shape index (κ2) is 8.98. The van der Waals surface area contributed by atoms with E-state index < -0.39 is 0 Å². The molecule has 1 N–H and O–H groups in total. The highest BCUT2D eigenvalue weighted by molar-refractivity contribution is 5.83. The number of nitrogens with one attached hydrogen (secondary N) is 1. The molecule has 0 radical (unpaired) electrons. The summed E-state index contributed by atoms with van der Waals surface area (Å²) in [6.45, 7) is 3.96. The molecule has 0 saturated carbocycles. The lowest BCUT2D eigenvalue weighted by Crippen LogP contribution is -2.49. The van der Waals surface area contributed by atoms with Gasteiger partial charge in [-0.15, -0.1) is 0 Å². The van der Waals surface area contributed by atoms with Gasteiger partial charge in [0, 0.05) is 57.9 Å². The van der Waals surface area contributed by atoms with Gasteiger partial charge in [-0.05, 0) is 37.1 Å². The average Bonchev–Trinajstić information content (AvgIpc) is 3.19. The van der Waals surface area contributed by atoms with Crippen molar-refractivity contribution < 1.29 is 18.7 Å². The molecule has 0 spiro atoms. The van der Waals surface area contributed by atoms with Gasteiger partial charge in [-0.1, -0.05) is 0 Å². The monoisotopic (exact) mass is 363 g/mol. The van der Waals surface area contributed by atoms with Crippen LogP contribution in [0.4, 0.5) is 10.1 Å². The number of hydrogen-bond acceptors (Lipinski definition) is 4. The first kappa shape index (κ1) is 18.6. The van der Waals surface area contributed by atoms with Gasteiger partial charge in [-0.3, -0.25) is 9.59 Å². The fraction of sp³-hybridized carbons (Fsp3) is 0.579. The van der Waals surface area contributed by atoms with Crippen LogP contribution in [0.2, 0.25) is 0 Å². The number of amides is 2. The van der Waals surface area contributed by atoms with Crippen LogP contribution in [0.5, 0.6) is 0 Å². The summed E-state index contributed by atoms with van der Waals surface area (Å²) >= 11 is 0. The minimum absolute atomic E-state index is 0.0102. The molecule has 2 amide bonds. The number of nitrogens with zero attached hydrogens (tertiary/aromatic N) is 2. The molecule has 1 unspecified atom stereocenters. The third-order valence-corrected chi connectivity index (χ3v) is 4.94. The number of carbonyl (C=O) groups excluding carboxylic acids is 2. The van der Waals surface area contributed by atoms with Crippen molar-refractivity contribution in [1.29, 1.82) is 0 Å². The molecule has 2 heterocycles. The van der Waals surface area contributed by atoms with Gasteiger partial charge in [0.25, 0.3) is 0 Å². The Morgan fingerprint density at radius 3 is 2.50 bits per heavy atom. The van der Waals surface area contributed by atoms with Gasteiger partial charge in [-0.25, -0.2) is 4.39 Å². The van der Waals surface area contributed by atoms with Gasteiger partial charge in [0.1, 0.15) is 5.82 Å². The Kier molecular flexibility index (Phi) is 6.44. The van der Waals surface area contributed by atoms with Gasteiger partial charge >= 0.3 is 0 Å². The van der Waals surface area contributed by atoms with E-state index in [9.17, 15) is 14.0 Å². The van der Waals surface area contributed by atoms with Crippen LogP contribution in [0, 0.1) is 5.82 Å². The van der Waals surface area contributed by atoms with Crippen molar-refractivity contribution in [3.8, 4) is 0 Å². The predicted molar refractivity (Wildman–Crippen MR) is 96.4 cm³/mol. The van der Waals surface area contributed by atoms with E-state index in [0.717, 1.165) is 25.1 Å². The number of rotatable bonds is 6. The molecule has 7 heteroatoms. The number of hydrogen-bond donors (Lipinski definition) is 1. The first-order chi connectivity index (χ1) is 12.6. The van der Waals surface area contributed by atoms with E-state index >= 15 is 0 Å². The van der Waals surface area contributed by atoms with Crippen LogP contribution in [-0.4, -0.2) is 62.1 Å². The maximum Gasteiger partial charge on any atom is 0.223 e. The quantitative estimate of drug-likeness (QED) is 0.833. The van der Waals surface area contributed by atoms with Gasteiger partial charge < -0.3 is 19.9 Å². The summed E-state index contributed by atoms with van der Waals surface area (Å²) in [5.74, 6) is -0.338. The van der Waals surface area contributed by atoms with E-state index in [1.807, 2.05) is 0 Å². The number of halogens is 1. The normalized spacial score (nSPS) is 20.3.